The summed E-state index contributed by atoms with van der Waals surface area (Å²) in [5.74, 6) is -1.27. The Bertz CT molecular complexity index is 821. The smallest absolute Gasteiger partial charge is 0.416 e. The van der Waals surface area contributed by atoms with Gasteiger partial charge in [0, 0.05) is 12.3 Å². The topological polar surface area (TPSA) is 68.3 Å². The van der Waals surface area contributed by atoms with Crippen LogP contribution in [0.2, 0.25) is 5.02 Å². The molecule has 0 saturated heterocycles. The van der Waals surface area contributed by atoms with Crippen LogP contribution in [0.4, 0.5) is 19.0 Å². The van der Waals surface area contributed by atoms with Gasteiger partial charge in [0.25, 0.3) is 5.91 Å². The molecular weight excluding hydrogens is 373 g/mol. The van der Waals surface area contributed by atoms with Gasteiger partial charge in [0.1, 0.15) is 5.82 Å². The van der Waals surface area contributed by atoms with E-state index >= 15 is 0 Å². The maximum absolute atomic E-state index is 12.6. The quantitative estimate of drug-likeness (QED) is 0.626. The van der Waals surface area contributed by atoms with E-state index in [0.29, 0.717) is 5.02 Å². The molecule has 1 aromatic carbocycles. The Morgan fingerprint density at radius 3 is 2.65 bits per heavy atom. The molecule has 0 aliphatic rings. The molecule has 0 spiro atoms. The van der Waals surface area contributed by atoms with Gasteiger partial charge in [-0.2, -0.15) is 13.2 Å². The minimum absolute atomic E-state index is 0.173. The van der Waals surface area contributed by atoms with Crippen molar-refractivity contribution < 1.29 is 27.5 Å². The molecule has 2 rings (SSSR count). The average molecular weight is 385 g/mol. The van der Waals surface area contributed by atoms with Gasteiger partial charge in [-0.25, -0.2) is 9.78 Å². The third-order valence-corrected chi connectivity index (χ3v) is 3.19. The van der Waals surface area contributed by atoms with Crippen LogP contribution < -0.4 is 5.32 Å². The Morgan fingerprint density at radius 1 is 1.23 bits per heavy atom. The predicted molar refractivity (Wildman–Crippen MR) is 89.3 cm³/mol. The number of carbonyl (C=O) groups is 2. The first-order valence-electron chi connectivity index (χ1n) is 7.17. The van der Waals surface area contributed by atoms with Crippen LogP contribution in [0.5, 0.6) is 0 Å². The van der Waals surface area contributed by atoms with Crippen molar-refractivity contribution in [3.05, 3.63) is 64.8 Å². The molecular formula is C17H12ClF3N2O3. The molecule has 136 valence electrons. The SMILES string of the molecule is O=C(COC(=O)C=Cc1cccc(C(F)(F)F)c1)Nc1ccc(Cl)cn1. The number of ether oxygens (including phenoxy) is 1. The number of benzene rings is 1. The van der Waals surface area contributed by atoms with E-state index in [4.69, 9.17) is 16.3 Å². The van der Waals surface area contributed by atoms with Gasteiger partial charge >= 0.3 is 12.1 Å². The molecule has 26 heavy (non-hydrogen) atoms. The Labute approximate surface area is 151 Å². The van der Waals surface area contributed by atoms with E-state index in [-0.39, 0.29) is 11.4 Å². The molecule has 0 fully saturated rings. The van der Waals surface area contributed by atoms with Crippen LogP contribution in [0.15, 0.2) is 48.7 Å². The zero-order chi connectivity index (χ0) is 19.2. The lowest BCUT2D eigenvalue weighted by molar-refractivity contribution is -0.142. The molecule has 1 amide bonds. The molecule has 9 heteroatoms. The summed E-state index contributed by atoms with van der Waals surface area (Å²) in [7, 11) is 0. The molecule has 5 nitrogen and oxygen atoms in total. The van der Waals surface area contributed by atoms with Crippen molar-refractivity contribution in [2.75, 3.05) is 11.9 Å². The molecule has 1 aromatic heterocycles. The molecule has 0 unspecified atom stereocenters. The van der Waals surface area contributed by atoms with E-state index in [2.05, 4.69) is 10.3 Å². The summed E-state index contributed by atoms with van der Waals surface area (Å²) in [4.78, 5) is 27.0. The highest BCUT2D eigenvalue weighted by molar-refractivity contribution is 6.30. The van der Waals surface area contributed by atoms with Crippen molar-refractivity contribution in [3.63, 3.8) is 0 Å². The Balaban J connectivity index is 1.85. The normalized spacial score (nSPS) is 11.4. The van der Waals surface area contributed by atoms with E-state index in [1.807, 2.05) is 0 Å². The number of amides is 1. The van der Waals surface area contributed by atoms with Crippen molar-refractivity contribution in [2.45, 2.75) is 6.18 Å². The molecule has 0 aliphatic heterocycles. The Hall–Kier alpha value is -2.87. The lowest BCUT2D eigenvalue weighted by atomic mass is 10.1. The number of halogens is 4. The standard InChI is InChI=1S/C17H12ClF3N2O3/c18-13-5-6-14(22-9-13)23-15(24)10-26-16(25)7-4-11-2-1-3-12(8-11)17(19,20)21/h1-9H,10H2,(H,22,23,24). The maximum atomic E-state index is 12.6. The molecule has 0 bridgehead atoms. The fourth-order valence-corrected chi connectivity index (χ4v) is 1.91. The number of alkyl halides is 3. The monoisotopic (exact) mass is 384 g/mol. The first-order valence-corrected chi connectivity index (χ1v) is 7.55. The van der Waals surface area contributed by atoms with E-state index in [0.717, 1.165) is 24.3 Å². The first kappa shape index (κ1) is 19.5. The minimum atomic E-state index is -4.47. The third-order valence-electron chi connectivity index (χ3n) is 2.97. The number of hydrogen-bond acceptors (Lipinski definition) is 4. The minimum Gasteiger partial charge on any atom is -0.452 e. The predicted octanol–water partition coefficient (Wildman–Crippen LogP) is 3.95. The fraction of sp³-hybridized carbons (Fsp3) is 0.118. The van der Waals surface area contributed by atoms with Gasteiger partial charge in [0.15, 0.2) is 6.61 Å². The molecule has 1 heterocycles. The zero-order valence-corrected chi connectivity index (χ0v) is 13.8. The number of carbonyl (C=O) groups excluding carboxylic acids is 2. The number of aromatic nitrogens is 1. The van der Waals surface area contributed by atoms with Gasteiger partial charge < -0.3 is 10.1 Å². The molecule has 0 aliphatic carbocycles. The highest BCUT2D eigenvalue weighted by Crippen LogP contribution is 2.29. The van der Waals surface area contributed by atoms with Crippen molar-refractivity contribution >= 4 is 35.4 Å². The van der Waals surface area contributed by atoms with Crippen LogP contribution in [-0.2, 0) is 20.5 Å². The number of nitrogens with one attached hydrogen (secondary N) is 1. The van der Waals surface area contributed by atoms with Crippen LogP contribution in [-0.4, -0.2) is 23.5 Å². The van der Waals surface area contributed by atoms with Crippen LogP contribution in [0.1, 0.15) is 11.1 Å². The van der Waals surface area contributed by atoms with E-state index in [1.54, 1.807) is 0 Å². The van der Waals surface area contributed by atoms with Gasteiger partial charge in [0.2, 0.25) is 0 Å². The molecule has 2 aromatic rings. The number of anilines is 1. The maximum Gasteiger partial charge on any atom is 0.416 e. The van der Waals surface area contributed by atoms with Gasteiger partial charge in [-0.3, -0.25) is 4.79 Å². The second-order valence-corrected chi connectivity index (χ2v) is 5.41. The van der Waals surface area contributed by atoms with Crippen LogP contribution in [0.3, 0.4) is 0 Å². The van der Waals surface area contributed by atoms with Gasteiger partial charge in [0.05, 0.1) is 10.6 Å². The largest absolute Gasteiger partial charge is 0.452 e. The summed E-state index contributed by atoms with van der Waals surface area (Å²) in [6, 6.07) is 7.43. The number of pyridine rings is 1. The molecule has 1 N–H and O–H groups in total. The summed E-state index contributed by atoms with van der Waals surface area (Å²) in [5.41, 5.74) is -0.658. The van der Waals surface area contributed by atoms with Gasteiger partial charge in [-0.05, 0) is 35.9 Å². The Morgan fingerprint density at radius 2 is 2.00 bits per heavy atom. The second-order valence-electron chi connectivity index (χ2n) is 4.97. The highest BCUT2D eigenvalue weighted by Gasteiger charge is 2.30. The lowest BCUT2D eigenvalue weighted by Crippen LogP contribution is -2.20. The average Bonchev–Trinajstić information content (AvgIpc) is 2.60. The van der Waals surface area contributed by atoms with Gasteiger partial charge in [-0.1, -0.05) is 23.7 Å². The number of nitrogens with zero attached hydrogens (tertiary/aromatic N) is 1. The summed E-state index contributed by atoms with van der Waals surface area (Å²) < 4.78 is 42.5. The summed E-state index contributed by atoms with van der Waals surface area (Å²) in [6.45, 7) is -0.573. The van der Waals surface area contributed by atoms with Crippen molar-refractivity contribution in [3.8, 4) is 0 Å². The lowest BCUT2D eigenvalue weighted by Gasteiger charge is -2.06. The van der Waals surface area contributed by atoms with E-state index in [9.17, 15) is 22.8 Å². The van der Waals surface area contributed by atoms with Crippen LogP contribution in [0.25, 0.3) is 6.08 Å². The molecule has 0 radical (unpaired) electrons. The zero-order valence-electron chi connectivity index (χ0n) is 13.1. The van der Waals surface area contributed by atoms with E-state index in [1.165, 1.54) is 30.5 Å². The highest BCUT2D eigenvalue weighted by atomic mass is 35.5. The van der Waals surface area contributed by atoms with E-state index < -0.39 is 30.2 Å². The molecule has 0 saturated carbocycles. The number of rotatable bonds is 5. The van der Waals surface area contributed by atoms with Gasteiger partial charge in [-0.15, -0.1) is 0 Å². The van der Waals surface area contributed by atoms with Crippen LogP contribution in [0, 0.1) is 0 Å². The van der Waals surface area contributed by atoms with Crippen molar-refractivity contribution in [1.82, 2.24) is 4.98 Å². The summed E-state index contributed by atoms with van der Waals surface area (Å²) in [5, 5.41) is 2.78. The van der Waals surface area contributed by atoms with Crippen LogP contribution >= 0.6 is 11.6 Å². The number of hydrogen-bond donors (Lipinski definition) is 1. The summed E-state index contributed by atoms with van der Waals surface area (Å²) in [6.07, 6.45) is -1.04. The van der Waals surface area contributed by atoms with Crippen molar-refractivity contribution in [1.29, 1.82) is 0 Å². The number of esters is 1. The summed E-state index contributed by atoms with van der Waals surface area (Å²) >= 11 is 5.66. The second kappa shape index (κ2) is 8.48. The fourth-order valence-electron chi connectivity index (χ4n) is 1.80. The van der Waals surface area contributed by atoms with Crippen molar-refractivity contribution in [2.24, 2.45) is 0 Å². The third kappa shape index (κ3) is 6.21. The first-order chi connectivity index (χ1) is 12.2. The molecule has 0 atom stereocenters. The Kier molecular flexibility index (Phi) is 6.35.